The lowest BCUT2D eigenvalue weighted by molar-refractivity contribution is -0.219. The fourth-order valence-electron chi connectivity index (χ4n) is 7.11. The predicted molar refractivity (Wildman–Crippen MR) is 112 cm³/mol. The Bertz CT molecular complexity index is 888. The van der Waals surface area contributed by atoms with Crippen LogP contribution in [0.4, 0.5) is 0 Å². The van der Waals surface area contributed by atoms with Crippen LogP contribution in [0.5, 0.6) is 0 Å². The first-order valence-electron chi connectivity index (χ1n) is 11.2. The zero-order chi connectivity index (χ0) is 23.1. The monoisotopic (exact) mass is 434 g/mol. The van der Waals surface area contributed by atoms with Gasteiger partial charge >= 0.3 is 5.97 Å². The number of hydrogen-bond donors (Lipinski definition) is 4. The molecule has 0 heterocycles. The second-order valence-electron chi connectivity index (χ2n) is 10.6. The number of ketones is 1. The van der Waals surface area contributed by atoms with Crippen molar-refractivity contribution in [3.63, 3.8) is 0 Å². The van der Waals surface area contributed by atoms with Gasteiger partial charge in [0.15, 0.2) is 5.78 Å². The Hall–Kier alpha value is -1.54. The van der Waals surface area contributed by atoms with Crippen LogP contribution in [-0.2, 0) is 14.3 Å². The number of carbonyl (C=O) groups excluding carboxylic acids is 2. The minimum absolute atomic E-state index is 0.0851. The van der Waals surface area contributed by atoms with Gasteiger partial charge in [-0.05, 0) is 24.5 Å². The predicted octanol–water partition coefficient (Wildman–Crippen LogP) is 1.28. The minimum Gasteiger partial charge on any atom is -0.455 e. The molecule has 4 aliphatic carbocycles. The Kier molecular flexibility index (Phi) is 4.92. The molecule has 1 unspecified atom stereocenters. The van der Waals surface area contributed by atoms with Gasteiger partial charge in [0.25, 0.3) is 0 Å². The molecular weight excluding hydrogens is 400 g/mol. The number of aliphatic hydroxyl groups excluding tert-OH is 2. The van der Waals surface area contributed by atoms with E-state index in [4.69, 9.17) is 4.74 Å². The highest BCUT2D eigenvalue weighted by Crippen LogP contribution is 2.76. The Labute approximate surface area is 182 Å². The average molecular weight is 435 g/mol. The molecule has 8 atom stereocenters. The Balaban J connectivity index is 1.88. The maximum absolute atomic E-state index is 12.9. The van der Waals surface area contributed by atoms with E-state index in [-0.39, 0.29) is 19.4 Å². The van der Waals surface area contributed by atoms with Crippen LogP contribution in [0.25, 0.3) is 0 Å². The second-order valence-corrected chi connectivity index (χ2v) is 10.6. The van der Waals surface area contributed by atoms with E-state index in [0.29, 0.717) is 17.6 Å². The quantitative estimate of drug-likeness (QED) is 0.388. The fourth-order valence-corrected chi connectivity index (χ4v) is 7.11. The molecule has 4 aliphatic rings. The number of aliphatic hydroxyl groups is 4. The Morgan fingerprint density at radius 1 is 1.26 bits per heavy atom. The van der Waals surface area contributed by atoms with Crippen LogP contribution >= 0.6 is 0 Å². The maximum Gasteiger partial charge on any atom is 0.306 e. The van der Waals surface area contributed by atoms with E-state index in [1.807, 2.05) is 20.8 Å². The Morgan fingerprint density at radius 3 is 2.48 bits per heavy atom. The van der Waals surface area contributed by atoms with Gasteiger partial charge in [0.05, 0.1) is 18.3 Å². The summed E-state index contributed by atoms with van der Waals surface area (Å²) in [7, 11) is 0. The molecule has 0 amide bonds. The van der Waals surface area contributed by atoms with Gasteiger partial charge in [0.2, 0.25) is 0 Å². The van der Waals surface area contributed by atoms with E-state index >= 15 is 0 Å². The zero-order valence-electron chi connectivity index (χ0n) is 18.9. The molecule has 172 valence electrons. The highest BCUT2D eigenvalue weighted by atomic mass is 16.6. The molecular formula is C24H34O7. The van der Waals surface area contributed by atoms with Gasteiger partial charge in [-0.3, -0.25) is 9.59 Å². The van der Waals surface area contributed by atoms with Gasteiger partial charge < -0.3 is 25.2 Å². The number of Topliss-reactive ketones (excluding diaryl/α,β-unsaturated/α-hetero) is 1. The van der Waals surface area contributed by atoms with Gasteiger partial charge in [0.1, 0.15) is 11.2 Å². The molecule has 4 N–H and O–H groups in total. The lowest BCUT2D eigenvalue weighted by Gasteiger charge is -2.52. The first-order chi connectivity index (χ1) is 14.3. The molecule has 31 heavy (non-hydrogen) atoms. The molecule has 0 aromatic heterocycles. The third-order valence-corrected chi connectivity index (χ3v) is 8.73. The number of fused-ring (bicyclic) bond motifs is 5. The summed E-state index contributed by atoms with van der Waals surface area (Å²) in [5, 5.41) is 45.1. The summed E-state index contributed by atoms with van der Waals surface area (Å²) in [6, 6.07) is 0. The number of rotatable bonds is 4. The standard InChI is InChI=1S/C24H34O7/c1-6-7-17(26)31-24-18(21(24,4)5)15-9-14(11-25)10-22(29)16(8-12(2)19(22)27)23(15,30)13(3)20(24)28/h8-9,13,15-16,18,20,25,28-30H,6-7,10-11H2,1-5H3/t13-,15+,16-,18?,20-,22-,23-,24-/m1/s1. The normalized spacial score (nSPS) is 47.4. The highest BCUT2D eigenvalue weighted by Gasteiger charge is 2.86. The van der Waals surface area contributed by atoms with Gasteiger partial charge in [-0.1, -0.05) is 39.8 Å². The van der Waals surface area contributed by atoms with Gasteiger partial charge in [-0.15, -0.1) is 0 Å². The molecule has 0 saturated heterocycles. The summed E-state index contributed by atoms with van der Waals surface area (Å²) < 4.78 is 5.94. The summed E-state index contributed by atoms with van der Waals surface area (Å²) in [6.07, 6.45) is 2.95. The maximum atomic E-state index is 12.9. The number of carbonyl (C=O) groups is 2. The summed E-state index contributed by atoms with van der Waals surface area (Å²) >= 11 is 0. The first kappa shape index (κ1) is 22.6. The molecule has 0 aromatic rings. The van der Waals surface area contributed by atoms with E-state index in [2.05, 4.69) is 0 Å². The van der Waals surface area contributed by atoms with E-state index in [1.54, 1.807) is 26.0 Å². The smallest absolute Gasteiger partial charge is 0.306 e. The van der Waals surface area contributed by atoms with Crippen molar-refractivity contribution < 1.29 is 34.8 Å². The minimum atomic E-state index is -1.88. The molecule has 2 saturated carbocycles. The van der Waals surface area contributed by atoms with Crippen molar-refractivity contribution in [2.75, 3.05) is 6.61 Å². The van der Waals surface area contributed by atoms with E-state index in [1.165, 1.54) is 0 Å². The van der Waals surface area contributed by atoms with Crippen LogP contribution in [0.2, 0.25) is 0 Å². The first-order valence-corrected chi connectivity index (χ1v) is 11.2. The molecule has 4 rings (SSSR count). The van der Waals surface area contributed by atoms with E-state index in [9.17, 15) is 30.0 Å². The van der Waals surface area contributed by atoms with Crippen LogP contribution < -0.4 is 0 Å². The molecule has 0 radical (unpaired) electrons. The van der Waals surface area contributed by atoms with Crippen molar-refractivity contribution in [3.05, 3.63) is 23.3 Å². The third-order valence-electron chi connectivity index (χ3n) is 8.73. The average Bonchev–Trinajstić information content (AvgIpc) is 3.13. The summed E-state index contributed by atoms with van der Waals surface area (Å²) in [6.45, 7) is 8.62. The van der Waals surface area contributed by atoms with E-state index < -0.39 is 63.7 Å². The molecule has 7 heteroatoms. The van der Waals surface area contributed by atoms with Crippen molar-refractivity contribution in [3.8, 4) is 0 Å². The Morgan fingerprint density at radius 2 is 1.90 bits per heavy atom. The largest absolute Gasteiger partial charge is 0.455 e. The molecule has 0 spiro atoms. The van der Waals surface area contributed by atoms with E-state index in [0.717, 1.165) is 0 Å². The van der Waals surface area contributed by atoms with Crippen LogP contribution in [0.3, 0.4) is 0 Å². The fraction of sp³-hybridized carbons (Fsp3) is 0.750. The molecule has 0 bridgehead atoms. The summed E-state index contributed by atoms with van der Waals surface area (Å²) in [5.74, 6) is -3.64. The molecule has 7 nitrogen and oxygen atoms in total. The van der Waals surface area contributed by atoms with Gasteiger partial charge in [0, 0.05) is 41.9 Å². The molecule has 0 aromatic carbocycles. The topological polar surface area (TPSA) is 124 Å². The molecule has 0 aliphatic heterocycles. The number of esters is 1. The van der Waals surface area contributed by atoms with Crippen molar-refractivity contribution in [2.24, 2.45) is 29.1 Å². The SMILES string of the molecule is CCCC(=O)O[C@]12C([C@@H]3C=C(CO)C[C@]4(O)C(=O)C(C)=C[C@H]4[C@@]3(O)[C@H](C)[C@H]1O)C2(C)C. The van der Waals surface area contributed by atoms with Crippen LogP contribution in [-0.4, -0.2) is 61.7 Å². The van der Waals surface area contributed by atoms with Crippen molar-refractivity contribution in [1.82, 2.24) is 0 Å². The van der Waals surface area contributed by atoms with Crippen LogP contribution in [0, 0.1) is 29.1 Å². The lowest BCUT2D eigenvalue weighted by Crippen LogP contribution is -2.65. The van der Waals surface area contributed by atoms with Crippen molar-refractivity contribution in [1.29, 1.82) is 0 Å². The lowest BCUT2D eigenvalue weighted by atomic mass is 9.59. The van der Waals surface area contributed by atoms with Gasteiger partial charge in [-0.25, -0.2) is 0 Å². The van der Waals surface area contributed by atoms with Crippen molar-refractivity contribution in [2.45, 2.75) is 76.8 Å². The van der Waals surface area contributed by atoms with Gasteiger partial charge in [-0.2, -0.15) is 0 Å². The number of hydrogen-bond acceptors (Lipinski definition) is 7. The summed E-state index contributed by atoms with van der Waals surface area (Å²) in [4.78, 5) is 25.4. The molecule has 2 fully saturated rings. The van der Waals surface area contributed by atoms with Crippen LogP contribution in [0.1, 0.15) is 53.9 Å². The second kappa shape index (κ2) is 6.73. The third kappa shape index (κ3) is 2.55. The highest BCUT2D eigenvalue weighted by molar-refractivity contribution is 6.04. The van der Waals surface area contributed by atoms with Crippen LogP contribution in [0.15, 0.2) is 23.3 Å². The van der Waals surface area contributed by atoms with Crippen molar-refractivity contribution >= 4 is 11.8 Å². The summed E-state index contributed by atoms with van der Waals surface area (Å²) in [5.41, 5.74) is -4.52. The number of ether oxygens (including phenoxy) is 1. The zero-order valence-corrected chi connectivity index (χ0v) is 18.9.